The molecule has 1 aromatic rings. The third-order valence-electron chi connectivity index (χ3n) is 3.33. The lowest BCUT2D eigenvalue weighted by Crippen LogP contribution is -2.18. The Morgan fingerprint density at radius 1 is 1.11 bits per heavy atom. The van der Waals surface area contributed by atoms with Gasteiger partial charge < -0.3 is 9.64 Å². The van der Waals surface area contributed by atoms with Crippen LogP contribution in [0.2, 0.25) is 0 Å². The van der Waals surface area contributed by atoms with Crippen LogP contribution in [-0.4, -0.2) is 26.7 Å². The summed E-state index contributed by atoms with van der Waals surface area (Å²) in [7, 11) is 3.49. The van der Waals surface area contributed by atoms with E-state index in [1.54, 1.807) is 0 Å². The maximum absolute atomic E-state index is 11.3. The highest BCUT2D eigenvalue weighted by atomic mass is 16.5. The maximum atomic E-state index is 11.3. The Balaban J connectivity index is 2.40. The average Bonchev–Trinajstić information content (AvgIpc) is 2.46. The van der Waals surface area contributed by atoms with Crippen LogP contribution in [0.15, 0.2) is 24.3 Å². The van der Waals surface area contributed by atoms with Gasteiger partial charge in [0.05, 0.1) is 12.7 Å². The van der Waals surface area contributed by atoms with E-state index in [1.165, 1.54) is 39.2 Å². The highest BCUT2D eigenvalue weighted by molar-refractivity contribution is 5.89. The molecule has 0 atom stereocenters. The second kappa shape index (κ2) is 8.57. The first-order valence-corrected chi connectivity index (χ1v) is 7.08. The largest absolute Gasteiger partial charge is 0.465 e. The Hall–Kier alpha value is -1.51. The van der Waals surface area contributed by atoms with Crippen molar-refractivity contribution in [3.63, 3.8) is 0 Å². The van der Waals surface area contributed by atoms with Crippen molar-refractivity contribution in [1.29, 1.82) is 0 Å². The molecule has 0 bridgehead atoms. The fraction of sp³-hybridized carbons (Fsp3) is 0.562. The monoisotopic (exact) mass is 263 g/mol. The number of nitrogens with zero attached hydrogens (tertiary/aromatic N) is 1. The van der Waals surface area contributed by atoms with Crippen molar-refractivity contribution < 1.29 is 9.53 Å². The maximum Gasteiger partial charge on any atom is 0.337 e. The molecule has 106 valence electrons. The first-order valence-electron chi connectivity index (χ1n) is 7.08. The van der Waals surface area contributed by atoms with E-state index in [2.05, 4.69) is 23.6 Å². The lowest BCUT2D eigenvalue weighted by atomic mass is 10.1. The topological polar surface area (TPSA) is 29.5 Å². The molecule has 0 saturated heterocycles. The summed E-state index contributed by atoms with van der Waals surface area (Å²) in [5.41, 5.74) is 1.74. The number of hydrogen-bond acceptors (Lipinski definition) is 3. The zero-order chi connectivity index (χ0) is 14.1. The summed E-state index contributed by atoms with van der Waals surface area (Å²) in [5.74, 6) is -0.284. The van der Waals surface area contributed by atoms with Crippen molar-refractivity contribution in [3.05, 3.63) is 29.8 Å². The molecule has 0 unspecified atom stereocenters. The fourth-order valence-electron chi connectivity index (χ4n) is 2.05. The summed E-state index contributed by atoms with van der Waals surface area (Å²) in [4.78, 5) is 13.6. The number of esters is 1. The highest BCUT2D eigenvalue weighted by Crippen LogP contribution is 2.15. The zero-order valence-corrected chi connectivity index (χ0v) is 12.3. The van der Waals surface area contributed by atoms with Crippen LogP contribution in [0.5, 0.6) is 0 Å². The smallest absolute Gasteiger partial charge is 0.337 e. The number of methoxy groups -OCH3 is 1. The SMILES string of the molecule is CCCCCCCN(C)c1ccc(C(=O)OC)cc1. The minimum Gasteiger partial charge on any atom is -0.465 e. The first kappa shape index (κ1) is 15.5. The Kier molecular flexibility index (Phi) is 7.01. The quantitative estimate of drug-likeness (QED) is 0.526. The van der Waals surface area contributed by atoms with E-state index in [0.29, 0.717) is 5.56 Å². The summed E-state index contributed by atoms with van der Waals surface area (Å²) >= 11 is 0. The Bertz CT molecular complexity index is 373. The summed E-state index contributed by atoms with van der Waals surface area (Å²) < 4.78 is 4.69. The van der Waals surface area contributed by atoms with Gasteiger partial charge in [-0.3, -0.25) is 0 Å². The molecule has 19 heavy (non-hydrogen) atoms. The Morgan fingerprint density at radius 2 is 1.74 bits per heavy atom. The van der Waals surface area contributed by atoms with E-state index < -0.39 is 0 Å². The summed E-state index contributed by atoms with van der Waals surface area (Å²) in [6, 6.07) is 7.57. The molecule has 0 heterocycles. The van der Waals surface area contributed by atoms with Crippen LogP contribution in [0, 0.1) is 0 Å². The summed E-state index contributed by atoms with van der Waals surface area (Å²) in [6.07, 6.45) is 6.45. The highest BCUT2D eigenvalue weighted by Gasteiger charge is 2.06. The van der Waals surface area contributed by atoms with E-state index in [0.717, 1.165) is 12.2 Å². The van der Waals surface area contributed by atoms with Crippen molar-refractivity contribution in [2.45, 2.75) is 39.0 Å². The van der Waals surface area contributed by atoms with Crippen LogP contribution in [0.25, 0.3) is 0 Å². The number of carbonyl (C=O) groups is 1. The van der Waals surface area contributed by atoms with Gasteiger partial charge >= 0.3 is 5.97 Å². The third kappa shape index (κ3) is 5.33. The van der Waals surface area contributed by atoms with Crippen LogP contribution in [0.3, 0.4) is 0 Å². The normalized spacial score (nSPS) is 10.3. The van der Waals surface area contributed by atoms with Crippen molar-refractivity contribution in [1.82, 2.24) is 0 Å². The van der Waals surface area contributed by atoms with Crippen LogP contribution in [0.1, 0.15) is 49.4 Å². The molecule has 0 aromatic heterocycles. The zero-order valence-electron chi connectivity index (χ0n) is 12.3. The lowest BCUT2D eigenvalue weighted by Gasteiger charge is -2.19. The molecule has 0 fully saturated rings. The van der Waals surface area contributed by atoms with Crippen LogP contribution in [0.4, 0.5) is 5.69 Å². The van der Waals surface area contributed by atoms with Crippen LogP contribution >= 0.6 is 0 Å². The molecule has 0 saturated carbocycles. The number of anilines is 1. The minimum absolute atomic E-state index is 0.284. The van der Waals surface area contributed by atoms with Crippen molar-refractivity contribution in [2.75, 3.05) is 25.6 Å². The second-order valence-corrected chi connectivity index (χ2v) is 4.87. The van der Waals surface area contributed by atoms with Crippen molar-refractivity contribution >= 4 is 11.7 Å². The molecule has 0 aliphatic heterocycles. The Morgan fingerprint density at radius 3 is 2.32 bits per heavy atom. The standard InChI is InChI=1S/C16H25NO2/c1-4-5-6-7-8-13-17(2)15-11-9-14(10-12-15)16(18)19-3/h9-12H,4-8,13H2,1-3H3. The fourth-order valence-corrected chi connectivity index (χ4v) is 2.05. The van der Waals surface area contributed by atoms with Crippen molar-refractivity contribution in [2.24, 2.45) is 0 Å². The van der Waals surface area contributed by atoms with Gasteiger partial charge in [-0.2, -0.15) is 0 Å². The van der Waals surface area contributed by atoms with Gasteiger partial charge in [0.25, 0.3) is 0 Å². The molecule has 0 amide bonds. The van der Waals surface area contributed by atoms with Gasteiger partial charge in [-0.25, -0.2) is 4.79 Å². The molecular formula is C16H25NO2. The van der Waals surface area contributed by atoms with Gasteiger partial charge in [-0.05, 0) is 30.7 Å². The molecule has 0 radical (unpaired) electrons. The van der Waals surface area contributed by atoms with Crippen LogP contribution in [-0.2, 0) is 4.74 Å². The molecule has 3 heteroatoms. The molecule has 1 rings (SSSR count). The second-order valence-electron chi connectivity index (χ2n) is 4.87. The lowest BCUT2D eigenvalue weighted by molar-refractivity contribution is 0.0601. The van der Waals surface area contributed by atoms with E-state index in [9.17, 15) is 4.79 Å². The number of unbranched alkanes of at least 4 members (excludes halogenated alkanes) is 4. The minimum atomic E-state index is -0.284. The molecule has 0 aliphatic rings. The van der Waals surface area contributed by atoms with E-state index in [4.69, 9.17) is 0 Å². The number of hydrogen-bond donors (Lipinski definition) is 0. The van der Waals surface area contributed by atoms with E-state index >= 15 is 0 Å². The molecular weight excluding hydrogens is 238 g/mol. The van der Waals surface area contributed by atoms with Gasteiger partial charge in [0.1, 0.15) is 0 Å². The number of rotatable bonds is 8. The first-order chi connectivity index (χ1) is 9.19. The van der Waals surface area contributed by atoms with Gasteiger partial charge in [0, 0.05) is 19.3 Å². The predicted molar refractivity (Wildman–Crippen MR) is 79.8 cm³/mol. The molecule has 0 spiro atoms. The molecule has 0 N–H and O–H groups in total. The average molecular weight is 263 g/mol. The number of ether oxygens (including phenoxy) is 1. The summed E-state index contributed by atoms with van der Waals surface area (Å²) in [5, 5.41) is 0. The van der Waals surface area contributed by atoms with Gasteiger partial charge in [-0.15, -0.1) is 0 Å². The predicted octanol–water partition coefficient (Wildman–Crippen LogP) is 3.88. The number of carbonyl (C=O) groups excluding carboxylic acids is 1. The van der Waals surface area contributed by atoms with Gasteiger partial charge in [0.2, 0.25) is 0 Å². The van der Waals surface area contributed by atoms with Gasteiger partial charge in [-0.1, -0.05) is 32.6 Å². The Labute approximate surface area is 116 Å². The third-order valence-corrected chi connectivity index (χ3v) is 3.33. The summed E-state index contributed by atoms with van der Waals surface area (Å²) in [6.45, 7) is 3.29. The molecule has 1 aromatic carbocycles. The molecule has 0 aliphatic carbocycles. The van der Waals surface area contributed by atoms with Crippen molar-refractivity contribution in [3.8, 4) is 0 Å². The van der Waals surface area contributed by atoms with E-state index in [1.807, 2.05) is 24.3 Å². The number of benzene rings is 1. The van der Waals surface area contributed by atoms with E-state index in [-0.39, 0.29) is 5.97 Å². The van der Waals surface area contributed by atoms with Gasteiger partial charge in [0.15, 0.2) is 0 Å². The molecule has 3 nitrogen and oxygen atoms in total. The van der Waals surface area contributed by atoms with Crippen LogP contribution < -0.4 is 4.90 Å².